The van der Waals surface area contributed by atoms with Gasteiger partial charge in [-0.3, -0.25) is 14.4 Å². The molecular weight excluding hydrogens is 622 g/mol. The lowest BCUT2D eigenvalue weighted by molar-refractivity contribution is -0.138. The van der Waals surface area contributed by atoms with Crippen molar-refractivity contribution in [3.05, 3.63) is 12.7 Å². The van der Waals surface area contributed by atoms with Crippen molar-refractivity contribution in [1.29, 1.82) is 0 Å². The number of urea groups is 1. The van der Waals surface area contributed by atoms with Crippen LogP contribution >= 0.6 is 0 Å². The second-order valence-corrected chi connectivity index (χ2v) is 15.9. The van der Waals surface area contributed by atoms with Crippen molar-refractivity contribution in [2.75, 3.05) is 39.3 Å². The molecule has 2 heterocycles. The van der Waals surface area contributed by atoms with Crippen LogP contribution in [-0.2, 0) is 24.6 Å². The number of nitrogens with one attached hydrogen (secondary N) is 4. The summed E-state index contributed by atoms with van der Waals surface area (Å²) in [4.78, 5) is 53.8. The number of hydrogen-bond acceptors (Lipinski definition) is 6. The highest BCUT2D eigenvalue weighted by atomic mass is 32.2. The fourth-order valence-corrected chi connectivity index (χ4v) is 7.77. The average Bonchev–Trinajstić information content (AvgIpc) is 3.61. The van der Waals surface area contributed by atoms with Gasteiger partial charge in [0.05, 0.1) is 6.54 Å². The highest BCUT2D eigenvalue weighted by molar-refractivity contribution is 7.87. The zero-order valence-electron chi connectivity index (χ0n) is 29.6. The van der Waals surface area contributed by atoms with Crippen LogP contribution in [0, 0.1) is 5.41 Å². The van der Waals surface area contributed by atoms with Crippen molar-refractivity contribution in [2.24, 2.45) is 5.41 Å². The van der Waals surface area contributed by atoms with E-state index in [9.17, 15) is 27.6 Å². The summed E-state index contributed by atoms with van der Waals surface area (Å²) in [5, 5.41) is 11.1. The number of unbranched alkanes of at least 4 members (excludes halogenated alkanes) is 6. The molecule has 47 heavy (non-hydrogen) atoms. The fraction of sp³-hybridized carbons (Fsp3) is 0.818. The third-order valence-corrected chi connectivity index (χ3v) is 11.1. The first-order valence-electron chi connectivity index (χ1n) is 17.4. The number of likely N-dealkylation sites (tertiary alicyclic amines) is 1. The maximum Gasteiger partial charge on any atom is 0.315 e. The van der Waals surface area contributed by atoms with E-state index in [1.54, 1.807) is 6.08 Å². The molecule has 0 aromatic rings. The largest absolute Gasteiger partial charge is 0.351 e. The predicted octanol–water partition coefficient (Wildman–Crippen LogP) is 2.89. The van der Waals surface area contributed by atoms with Gasteiger partial charge in [0.1, 0.15) is 12.1 Å². The van der Waals surface area contributed by atoms with Gasteiger partial charge in [-0.15, -0.1) is 6.58 Å². The maximum atomic E-state index is 13.4. The first-order valence-corrected chi connectivity index (χ1v) is 18.8. The van der Waals surface area contributed by atoms with Crippen LogP contribution in [0.3, 0.4) is 0 Å². The quantitative estimate of drug-likeness (QED) is 0.121. The van der Waals surface area contributed by atoms with Gasteiger partial charge in [-0.25, -0.2) is 4.79 Å². The van der Waals surface area contributed by atoms with Crippen LogP contribution < -0.4 is 21.3 Å². The number of nitrogens with zero attached hydrogens (tertiary/aromatic N) is 3. The van der Waals surface area contributed by atoms with Gasteiger partial charge in [-0.2, -0.15) is 17.0 Å². The molecule has 0 saturated carbocycles. The Morgan fingerprint density at radius 3 is 2.19 bits per heavy atom. The lowest BCUT2D eigenvalue weighted by atomic mass is 9.86. The summed E-state index contributed by atoms with van der Waals surface area (Å²) >= 11 is 0. The maximum absolute atomic E-state index is 13.4. The number of rotatable bonds is 19. The van der Waals surface area contributed by atoms with Gasteiger partial charge in [-0.1, -0.05) is 78.7 Å². The highest BCUT2D eigenvalue weighted by Gasteiger charge is 2.41. The minimum atomic E-state index is -3.63. The summed E-state index contributed by atoms with van der Waals surface area (Å²) < 4.78 is 28.8. The van der Waals surface area contributed by atoms with Crippen LogP contribution in [-0.4, -0.2) is 109 Å². The van der Waals surface area contributed by atoms with Crippen LogP contribution in [0.15, 0.2) is 12.7 Å². The fourth-order valence-electron chi connectivity index (χ4n) is 5.98. The molecule has 0 aromatic heterocycles. The van der Waals surface area contributed by atoms with Crippen LogP contribution in [0.1, 0.15) is 106 Å². The molecule has 0 aliphatic carbocycles. The molecule has 4 N–H and O–H groups in total. The Bertz CT molecular complexity index is 1160. The van der Waals surface area contributed by atoms with Crippen molar-refractivity contribution in [1.82, 2.24) is 34.8 Å². The Morgan fingerprint density at radius 1 is 0.936 bits per heavy atom. The zero-order chi connectivity index (χ0) is 35.2. The minimum Gasteiger partial charge on any atom is -0.351 e. The topological polar surface area (TPSA) is 160 Å². The number of carbonyl (C=O) groups is 4. The minimum absolute atomic E-state index is 0.102. The Kier molecular flexibility index (Phi) is 16.6. The SMILES string of the molecule is C=CCNC(=O)[C@H](CCCCCCCCC)NC(=O)[C@@H]1CCCN1C(=O)CNC(=O)NC(CN1CCN(C(C)C)S1(=O)=O)C(C)(C)C. The Morgan fingerprint density at radius 2 is 1.60 bits per heavy atom. The lowest BCUT2D eigenvalue weighted by Crippen LogP contribution is -2.56. The third-order valence-electron chi connectivity index (χ3n) is 8.93. The monoisotopic (exact) mass is 683 g/mol. The van der Waals surface area contributed by atoms with Crippen molar-refractivity contribution in [3.63, 3.8) is 0 Å². The standard InChI is InChI=1S/C33H61N7O6S/c1-8-10-11-12-13-14-15-17-26(30(42)34-19-9-2)36-31(43)27-18-16-20-39(27)29(41)23-35-32(44)37-28(33(5,6)7)24-38-21-22-40(25(3)4)47(38,45)46/h9,25-28H,2,8,10-24H2,1,3-7H3,(H,34,42)(H,36,43)(H2,35,37,44)/t26-,27-,28?/m0/s1. The van der Waals surface area contributed by atoms with Gasteiger partial charge in [0, 0.05) is 44.8 Å². The molecule has 5 amide bonds. The van der Waals surface area contributed by atoms with E-state index in [2.05, 4.69) is 34.8 Å². The number of hydrogen-bond donors (Lipinski definition) is 4. The predicted molar refractivity (Wildman–Crippen MR) is 185 cm³/mol. The van der Waals surface area contributed by atoms with E-state index in [4.69, 9.17) is 0 Å². The van der Waals surface area contributed by atoms with Crippen molar-refractivity contribution in [2.45, 2.75) is 130 Å². The molecule has 270 valence electrons. The van der Waals surface area contributed by atoms with Crippen LogP contribution in [0.4, 0.5) is 4.79 Å². The highest BCUT2D eigenvalue weighted by Crippen LogP contribution is 2.25. The van der Waals surface area contributed by atoms with Crippen molar-refractivity contribution in [3.8, 4) is 0 Å². The molecule has 0 spiro atoms. The van der Waals surface area contributed by atoms with Crippen LogP contribution in [0.2, 0.25) is 0 Å². The van der Waals surface area contributed by atoms with Gasteiger partial charge in [0.25, 0.3) is 10.2 Å². The van der Waals surface area contributed by atoms with Crippen LogP contribution in [0.5, 0.6) is 0 Å². The Balaban J connectivity index is 1.95. The van der Waals surface area contributed by atoms with E-state index < -0.39 is 45.7 Å². The van der Waals surface area contributed by atoms with E-state index in [0.29, 0.717) is 45.4 Å². The van der Waals surface area contributed by atoms with Gasteiger partial charge < -0.3 is 26.2 Å². The average molecular weight is 684 g/mol. The smallest absolute Gasteiger partial charge is 0.315 e. The molecule has 1 unspecified atom stereocenters. The zero-order valence-corrected chi connectivity index (χ0v) is 30.4. The summed E-state index contributed by atoms with van der Waals surface area (Å²) in [7, 11) is -3.63. The van der Waals surface area contributed by atoms with E-state index in [-0.39, 0.29) is 30.9 Å². The first kappa shape index (κ1) is 40.5. The molecule has 0 bridgehead atoms. The van der Waals surface area contributed by atoms with Crippen molar-refractivity contribution < 1.29 is 27.6 Å². The molecule has 2 aliphatic heterocycles. The summed E-state index contributed by atoms with van der Waals surface area (Å²) in [5.41, 5.74) is -0.468. The summed E-state index contributed by atoms with van der Waals surface area (Å²) in [6.07, 6.45) is 10.8. The summed E-state index contributed by atoms with van der Waals surface area (Å²) in [6.45, 7) is 16.4. The number of carbonyl (C=O) groups excluding carboxylic acids is 4. The van der Waals surface area contributed by atoms with E-state index in [1.165, 1.54) is 32.8 Å². The third kappa shape index (κ3) is 12.7. The Hall–Kier alpha value is -2.71. The lowest BCUT2D eigenvalue weighted by Gasteiger charge is -2.34. The molecule has 2 aliphatic rings. The van der Waals surface area contributed by atoms with Gasteiger partial charge in [-0.05, 0) is 38.5 Å². The molecule has 2 saturated heterocycles. The molecule has 14 heteroatoms. The molecule has 3 atom stereocenters. The number of amides is 5. The molecule has 0 radical (unpaired) electrons. The molecular formula is C33H61N7O6S. The first-order chi connectivity index (χ1) is 22.1. The molecule has 13 nitrogen and oxygen atoms in total. The normalized spacial score (nSPS) is 19.7. The summed E-state index contributed by atoms with van der Waals surface area (Å²) in [6, 6.07) is -2.72. The second kappa shape index (κ2) is 19.3. The van der Waals surface area contributed by atoms with Gasteiger partial charge >= 0.3 is 6.03 Å². The molecule has 0 aromatic carbocycles. The second-order valence-electron chi connectivity index (χ2n) is 14.1. The van der Waals surface area contributed by atoms with E-state index >= 15 is 0 Å². The Labute approximate surface area is 283 Å². The van der Waals surface area contributed by atoms with Gasteiger partial charge in [0.15, 0.2) is 0 Å². The van der Waals surface area contributed by atoms with E-state index in [0.717, 1.165) is 25.7 Å². The van der Waals surface area contributed by atoms with E-state index in [1.807, 2.05) is 34.6 Å². The molecule has 2 fully saturated rings. The van der Waals surface area contributed by atoms with Gasteiger partial charge in [0.2, 0.25) is 17.7 Å². The summed E-state index contributed by atoms with van der Waals surface area (Å²) in [5.74, 6) is -1.05. The van der Waals surface area contributed by atoms with Crippen molar-refractivity contribution >= 4 is 34.0 Å². The molecule has 2 rings (SSSR count). The van der Waals surface area contributed by atoms with Crippen LogP contribution in [0.25, 0.3) is 0 Å².